The molecule has 3 saturated heterocycles. The zero-order valence-corrected chi connectivity index (χ0v) is 36.2. The molecule has 0 radical (unpaired) electrons. The molecule has 0 spiro atoms. The lowest BCUT2D eigenvalue weighted by molar-refractivity contribution is -0.134. The first kappa shape index (κ1) is 41.0. The highest BCUT2D eigenvalue weighted by molar-refractivity contribution is 6.02. The predicted molar refractivity (Wildman–Crippen MR) is 242 cm³/mol. The van der Waals surface area contributed by atoms with Crippen LogP contribution in [-0.4, -0.2) is 88.9 Å². The molecule has 5 aromatic rings. The van der Waals surface area contributed by atoms with Crippen LogP contribution in [0.15, 0.2) is 84.9 Å². The molecule has 9 nitrogen and oxygen atoms in total. The van der Waals surface area contributed by atoms with Gasteiger partial charge in [-0.05, 0) is 146 Å². The van der Waals surface area contributed by atoms with Crippen molar-refractivity contribution in [1.29, 1.82) is 0 Å². The first-order valence-corrected chi connectivity index (χ1v) is 23.4. The highest BCUT2D eigenvalue weighted by atomic mass is 19.1. The number of hydrogen-bond donors (Lipinski definition) is 2. The maximum Gasteiger partial charge on any atom is 0.235 e. The molecule has 4 heterocycles. The van der Waals surface area contributed by atoms with Gasteiger partial charge < -0.3 is 14.9 Å². The number of rotatable bonds is 9. The number of imide groups is 1. The molecule has 10 heteroatoms. The lowest BCUT2D eigenvalue weighted by atomic mass is 9.69. The van der Waals surface area contributed by atoms with Gasteiger partial charge in [0.25, 0.3) is 0 Å². The lowest BCUT2D eigenvalue weighted by Crippen LogP contribution is -2.49. The first-order valence-electron chi connectivity index (χ1n) is 23.4. The monoisotopic (exact) mass is 836 g/mol. The van der Waals surface area contributed by atoms with Crippen LogP contribution < -0.4 is 10.2 Å². The maximum atomic E-state index is 15.9. The highest BCUT2D eigenvalue weighted by Gasteiger charge is 2.36. The van der Waals surface area contributed by atoms with Gasteiger partial charge in [0.2, 0.25) is 11.8 Å². The van der Waals surface area contributed by atoms with Crippen molar-refractivity contribution in [1.82, 2.24) is 24.9 Å². The van der Waals surface area contributed by atoms with Crippen molar-refractivity contribution in [2.24, 2.45) is 18.9 Å². The van der Waals surface area contributed by atoms with E-state index in [1.54, 1.807) is 10.7 Å². The number of anilines is 1. The summed E-state index contributed by atoms with van der Waals surface area (Å²) in [6.07, 6.45) is 9.85. The summed E-state index contributed by atoms with van der Waals surface area (Å²) in [5.74, 6) is 1.23. The predicted octanol–water partition coefficient (Wildman–Crippen LogP) is 8.61. The van der Waals surface area contributed by atoms with Gasteiger partial charge in [-0.2, -0.15) is 5.10 Å². The van der Waals surface area contributed by atoms with Crippen molar-refractivity contribution in [3.8, 4) is 5.75 Å². The Morgan fingerprint density at radius 3 is 2.15 bits per heavy atom. The van der Waals surface area contributed by atoms with E-state index in [2.05, 4.69) is 85.8 Å². The molecule has 4 aromatic carbocycles. The van der Waals surface area contributed by atoms with E-state index in [1.807, 2.05) is 25.2 Å². The Hall–Kier alpha value is -5.06. The van der Waals surface area contributed by atoms with Crippen LogP contribution in [-0.2, 0) is 23.1 Å². The molecule has 1 saturated carbocycles. The van der Waals surface area contributed by atoms with E-state index in [0.29, 0.717) is 41.0 Å². The number of nitrogens with one attached hydrogen (secondary N) is 1. The Bertz CT molecular complexity index is 2400. The molecule has 1 aromatic heterocycles. The van der Waals surface area contributed by atoms with Gasteiger partial charge in [0.05, 0.1) is 17.1 Å². The van der Waals surface area contributed by atoms with Gasteiger partial charge in [-0.25, -0.2) is 4.39 Å². The van der Waals surface area contributed by atoms with Crippen molar-refractivity contribution in [2.45, 2.75) is 87.9 Å². The average Bonchev–Trinajstić information content (AvgIpc) is 3.61. The summed E-state index contributed by atoms with van der Waals surface area (Å²) < 4.78 is 17.6. The Labute approximate surface area is 365 Å². The van der Waals surface area contributed by atoms with E-state index in [1.165, 1.54) is 60.2 Å². The fourth-order valence-corrected chi connectivity index (χ4v) is 12.1. The minimum absolute atomic E-state index is 0.157. The molecular formula is C52H61FN6O3. The molecule has 324 valence electrons. The second kappa shape index (κ2) is 17.6. The van der Waals surface area contributed by atoms with Gasteiger partial charge in [0.1, 0.15) is 11.6 Å². The molecule has 3 aliphatic heterocycles. The summed E-state index contributed by atoms with van der Waals surface area (Å²) in [6.45, 7) is 8.56. The number of likely N-dealkylation sites (tertiary alicyclic amines) is 1. The third-order valence-electron chi connectivity index (χ3n) is 15.5. The van der Waals surface area contributed by atoms with Crippen LogP contribution in [0.25, 0.3) is 10.9 Å². The number of amides is 2. The molecule has 2 aliphatic carbocycles. The number of aryl methyl sites for hydroxylation is 2. The fourth-order valence-electron chi connectivity index (χ4n) is 12.1. The first-order chi connectivity index (χ1) is 30.3. The minimum atomic E-state index is -0.541. The zero-order valence-electron chi connectivity index (χ0n) is 36.2. The van der Waals surface area contributed by atoms with Crippen LogP contribution in [0.3, 0.4) is 0 Å². The molecule has 10 rings (SSSR count). The van der Waals surface area contributed by atoms with Crippen molar-refractivity contribution in [3.05, 3.63) is 124 Å². The van der Waals surface area contributed by atoms with Crippen molar-refractivity contribution in [2.75, 3.05) is 57.3 Å². The van der Waals surface area contributed by atoms with E-state index in [0.717, 1.165) is 82.6 Å². The number of carbonyl (C=O) groups excluding carboxylic acids is 2. The number of phenols is 1. The van der Waals surface area contributed by atoms with E-state index in [-0.39, 0.29) is 35.9 Å². The zero-order chi connectivity index (χ0) is 42.3. The Morgan fingerprint density at radius 1 is 0.726 bits per heavy atom. The van der Waals surface area contributed by atoms with Crippen LogP contribution in [0.1, 0.15) is 115 Å². The van der Waals surface area contributed by atoms with Crippen molar-refractivity contribution in [3.63, 3.8) is 0 Å². The second-order valence-electron chi connectivity index (χ2n) is 19.1. The van der Waals surface area contributed by atoms with Gasteiger partial charge in [-0.15, -0.1) is 0 Å². The van der Waals surface area contributed by atoms with Crippen molar-refractivity contribution >= 4 is 28.4 Å². The number of aromatic hydroxyl groups is 1. The number of piperazine rings is 1. The van der Waals surface area contributed by atoms with Gasteiger partial charge in [0.15, 0.2) is 0 Å². The molecule has 5 atom stereocenters. The van der Waals surface area contributed by atoms with E-state index in [9.17, 15) is 14.7 Å². The van der Waals surface area contributed by atoms with Gasteiger partial charge in [-0.3, -0.25) is 24.5 Å². The van der Waals surface area contributed by atoms with E-state index < -0.39 is 5.92 Å². The van der Waals surface area contributed by atoms with Crippen molar-refractivity contribution < 1.29 is 19.1 Å². The average molecular weight is 837 g/mol. The van der Waals surface area contributed by atoms with Crippen LogP contribution >= 0.6 is 0 Å². The number of hydrogen-bond acceptors (Lipinski definition) is 7. The lowest BCUT2D eigenvalue weighted by Gasteiger charge is -2.42. The summed E-state index contributed by atoms with van der Waals surface area (Å²) in [7, 11) is 1.85. The number of nitrogens with zero attached hydrogens (tertiary/aromatic N) is 5. The molecule has 2 N–H and O–H groups in total. The molecule has 62 heavy (non-hydrogen) atoms. The number of aromatic nitrogens is 2. The normalized spacial score (nSPS) is 25.5. The third kappa shape index (κ3) is 8.28. The summed E-state index contributed by atoms with van der Waals surface area (Å²) in [5, 5.41) is 18.0. The van der Waals surface area contributed by atoms with Crippen LogP contribution in [0.5, 0.6) is 5.75 Å². The van der Waals surface area contributed by atoms with Gasteiger partial charge in [0, 0.05) is 69.7 Å². The maximum absolute atomic E-state index is 15.9. The molecule has 1 unspecified atom stereocenters. The molecular weight excluding hydrogens is 776 g/mol. The molecule has 5 aliphatic rings. The topological polar surface area (TPSA) is 93.9 Å². The number of benzene rings is 4. The summed E-state index contributed by atoms with van der Waals surface area (Å²) in [6, 6.07) is 29.9. The largest absolute Gasteiger partial charge is 0.508 e. The van der Waals surface area contributed by atoms with Gasteiger partial charge in [-0.1, -0.05) is 61.4 Å². The summed E-state index contributed by atoms with van der Waals surface area (Å²) in [4.78, 5) is 32.3. The second-order valence-corrected chi connectivity index (χ2v) is 19.1. The quantitative estimate of drug-likeness (QED) is 0.144. The molecule has 4 fully saturated rings. The number of carbonyl (C=O) groups is 2. The van der Waals surface area contributed by atoms with Crippen LogP contribution in [0, 0.1) is 17.7 Å². The van der Waals surface area contributed by atoms with Crippen LogP contribution in [0.4, 0.5) is 10.1 Å². The Kier molecular flexibility index (Phi) is 11.6. The fraction of sp³-hybridized carbons (Fsp3) is 0.481. The van der Waals surface area contributed by atoms with Gasteiger partial charge >= 0.3 is 0 Å². The summed E-state index contributed by atoms with van der Waals surface area (Å²) >= 11 is 0. The smallest absolute Gasteiger partial charge is 0.235 e. The third-order valence-corrected chi connectivity index (χ3v) is 15.5. The Balaban J connectivity index is 0.736. The number of piperidine rings is 2. The number of phenolic OH excluding ortho intramolecular Hbond substituents is 1. The minimum Gasteiger partial charge on any atom is -0.508 e. The van der Waals surface area contributed by atoms with Crippen LogP contribution in [0.2, 0.25) is 0 Å². The Morgan fingerprint density at radius 2 is 1.44 bits per heavy atom. The van der Waals surface area contributed by atoms with E-state index in [4.69, 9.17) is 0 Å². The number of halogens is 1. The molecule has 2 amide bonds. The SMILES string of the molecule is Cn1nc(C2CCC(=O)NC2=O)c2cc(F)c(C3CCN(C[C@H]4CCCC[C@@H]4CN4CCN(c5ccc([C@@H]6c7ccc(O)cc7CC[C@@H]6c6ccccc6)cc5)CC4)CC3)cc21. The highest BCUT2D eigenvalue weighted by Crippen LogP contribution is 2.47. The van der Waals surface area contributed by atoms with E-state index >= 15 is 4.39 Å². The summed E-state index contributed by atoms with van der Waals surface area (Å²) in [5.41, 5.74) is 8.81. The molecule has 0 bridgehead atoms. The standard InChI is InChI=1S/C52H61FN6O3/c1-56-48-31-45(47(53)30-46(48)51(55-56)44-19-20-49(61)54-52(44)62)35-21-23-57(24-22-35)32-38-9-5-6-10-39(38)33-58-25-27-59(28-26-58)40-14-11-36(12-15-40)50-42(34-7-3-2-4-8-34)17-13-37-29-41(60)16-18-43(37)50/h2-4,7-8,11-12,14-16,18,29-31,35,38-39,42,44,50,60H,5-6,9-10,13,17,19-28,32-33H2,1H3,(H,54,61,62)/t38-,39-,42-,44?,50+/m1/s1. The number of fused-ring (bicyclic) bond motifs is 2.